The molecule has 1 atom stereocenters. The molecule has 0 spiro atoms. The number of benzene rings is 1. The zero-order chi connectivity index (χ0) is 11.2. The van der Waals surface area contributed by atoms with Crippen LogP contribution in [-0.4, -0.2) is 17.3 Å². The van der Waals surface area contributed by atoms with E-state index >= 15 is 0 Å². The van der Waals surface area contributed by atoms with Crippen LogP contribution in [0.2, 0.25) is 0 Å². The number of hydrogen-bond acceptors (Lipinski definition) is 4. The maximum atomic E-state index is 11.2. The Labute approximate surface area is 97.8 Å². The van der Waals surface area contributed by atoms with Gasteiger partial charge in [-0.1, -0.05) is 18.2 Å². The van der Waals surface area contributed by atoms with Gasteiger partial charge < -0.3 is 9.87 Å². The second kappa shape index (κ2) is 5.58. The van der Waals surface area contributed by atoms with Crippen LogP contribution >= 0.6 is 0 Å². The van der Waals surface area contributed by atoms with Gasteiger partial charge in [0.25, 0.3) is 0 Å². The van der Waals surface area contributed by atoms with Gasteiger partial charge in [-0.25, -0.2) is 0 Å². The Balaban J connectivity index is 0.000000162. The third-order valence-corrected chi connectivity index (χ3v) is 3.19. The summed E-state index contributed by atoms with van der Waals surface area (Å²) in [4.78, 5) is 3.27. The predicted molar refractivity (Wildman–Crippen MR) is 65.3 cm³/mol. The number of hydrazone groups is 1. The molecule has 0 fully saturated rings. The monoisotopic (exact) mass is 235 g/mol. The van der Waals surface area contributed by atoms with E-state index in [-0.39, 0.29) is 0 Å². The van der Waals surface area contributed by atoms with Gasteiger partial charge in [-0.15, -0.1) is 9.93 Å². The smallest absolute Gasteiger partial charge is 0.190 e. The molecular weight excluding hydrogens is 222 g/mol. The first-order chi connectivity index (χ1) is 7.88. The Bertz CT molecular complexity index is 400. The minimum Gasteiger partial charge on any atom is -0.587 e. The molecule has 3 rings (SSSR count). The zero-order valence-corrected chi connectivity index (χ0v) is 9.54. The van der Waals surface area contributed by atoms with Crippen LogP contribution in [0.1, 0.15) is 12.0 Å². The highest BCUT2D eigenvalue weighted by atomic mass is 32.2. The maximum absolute atomic E-state index is 11.2. The second-order valence-corrected chi connectivity index (χ2v) is 4.46. The first-order valence-electron chi connectivity index (χ1n) is 5.06. The molecule has 0 amide bonds. The predicted octanol–water partition coefficient (Wildman–Crippen LogP) is 1.14. The van der Waals surface area contributed by atoms with Gasteiger partial charge >= 0.3 is 0 Å². The molecular formula is C11H13N3OS. The third-order valence-electron chi connectivity index (χ3n) is 2.15. The zero-order valence-electron chi connectivity index (χ0n) is 8.72. The van der Waals surface area contributed by atoms with Crippen LogP contribution in [-0.2, 0) is 11.4 Å². The second-order valence-electron chi connectivity index (χ2n) is 3.30. The first kappa shape index (κ1) is 11.0. The van der Waals surface area contributed by atoms with E-state index in [9.17, 15) is 4.55 Å². The molecule has 2 N–H and O–H groups in total. The Morgan fingerprint density at radius 1 is 1.31 bits per heavy atom. The molecule has 0 saturated heterocycles. The molecule has 0 saturated carbocycles. The molecule has 16 heavy (non-hydrogen) atoms. The van der Waals surface area contributed by atoms with E-state index in [2.05, 4.69) is 21.3 Å². The molecule has 1 aromatic carbocycles. The number of hydrogen-bond donors (Lipinski definition) is 2. The summed E-state index contributed by atoms with van der Waals surface area (Å²) < 4.78 is 11.2. The lowest BCUT2D eigenvalue weighted by molar-refractivity contribution is 0.582. The summed E-state index contributed by atoms with van der Waals surface area (Å²) in [6.07, 6.45) is 6.98. The summed E-state index contributed by atoms with van der Waals surface area (Å²) in [6.45, 7) is 1.14. The van der Waals surface area contributed by atoms with Gasteiger partial charge in [0.1, 0.15) is 11.4 Å². The summed E-state index contributed by atoms with van der Waals surface area (Å²) in [7, 11) is 0. The quantitative estimate of drug-likeness (QED) is 0.663. The Morgan fingerprint density at radius 2 is 2.19 bits per heavy atom. The normalized spacial score (nSPS) is 20.2. The van der Waals surface area contributed by atoms with Crippen molar-refractivity contribution in [2.45, 2.75) is 11.3 Å². The molecule has 0 radical (unpaired) electrons. The van der Waals surface area contributed by atoms with Crippen molar-refractivity contribution in [3.63, 3.8) is 0 Å². The Morgan fingerprint density at radius 3 is 2.81 bits per heavy atom. The van der Waals surface area contributed by atoms with Crippen molar-refractivity contribution in [1.29, 1.82) is 0 Å². The van der Waals surface area contributed by atoms with Crippen LogP contribution in [0, 0.1) is 0 Å². The van der Waals surface area contributed by atoms with Gasteiger partial charge in [0.05, 0.1) is 11.8 Å². The summed E-state index contributed by atoms with van der Waals surface area (Å²) in [6, 6.07) is 7.46. The van der Waals surface area contributed by atoms with Gasteiger partial charge in [-0.05, 0) is 24.8 Å². The maximum Gasteiger partial charge on any atom is 0.190 e. The van der Waals surface area contributed by atoms with Gasteiger partial charge in [-0.3, -0.25) is 0 Å². The SMILES string of the molecule is C1=CNCC1.[O-][S+]1NN=Cc2ccccc21. The lowest BCUT2D eigenvalue weighted by atomic mass is 10.2. The van der Waals surface area contributed by atoms with Crippen molar-refractivity contribution in [2.24, 2.45) is 5.10 Å². The van der Waals surface area contributed by atoms with Gasteiger partial charge in [0.2, 0.25) is 0 Å². The molecule has 2 aliphatic rings. The molecule has 0 aliphatic carbocycles. The molecule has 1 aromatic rings. The fourth-order valence-electron chi connectivity index (χ4n) is 1.37. The number of nitrogens with one attached hydrogen (secondary N) is 2. The van der Waals surface area contributed by atoms with E-state index in [1.54, 1.807) is 6.21 Å². The van der Waals surface area contributed by atoms with E-state index in [1.165, 1.54) is 6.42 Å². The van der Waals surface area contributed by atoms with E-state index in [1.807, 2.05) is 30.5 Å². The molecule has 0 aromatic heterocycles. The highest BCUT2D eigenvalue weighted by Crippen LogP contribution is 2.15. The summed E-state index contributed by atoms with van der Waals surface area (Å²) in [5.41, 5.74) is 0.921. The van der Waals surface area contributed by atoms with E-state index in [0.29, 0.717) is 0 Å². The van der Waals surface area contributed by atoms with Crippen LogP contribution in [0.4, 0.5) is 0 Å². The van der Waals surface area contributed by atoms with Crippen LogP contribution in [0.25, 0.3) is 0 Å². The van der Waals surface area contributed by atoms with Crippen molar-refractivity contribution >= 4 is 17.6 Å². The topological polar surface area (TPSA) is 59.5 Å². The van der Waals surface area contributed by atoms with Crippen molar-refractivity contribution in [3.8, 4) is 0 Å². The van der Waals surface area contributed by atoms with Crippen molar-refractivity contribution in [3.05, 3.63) is 42.1 Å². The van der Waals surface area contributed by atoms with Crippen molar-refractivity contribution < 1.29 is 4.55 Å². The molecule has 2 heterocycles. The van der Waals surface area contributed by atoms with E-state index < -0.39 is 11.4 Å². The van der Waals surface area contributed by atoms with Crippen LogP contribution in [0.3, 0.4) is 0 Å². The highest BCUT2D eigenvalue weighted by molar-refractivity contribution is 7.89. The largest absolute Gasteiger partial charge is 0.587 e. The Hall–Kier alpha value is -1.46. The van der Waals surface area contributed by atoms with Crippen LogP contribution < -0.4 is 10.1 Å². The molecule has 0 bridgehead atoms. The summed E-state index contributed by atoms with van der Waals surface area (Å²) >= 11 is -1.16. The Kier molecular flexibility index (Phi) is 3.85. The molecule has 4 nitrogen and oxygen atoms in total. The fraction of sp³-hybridized carbons (Fsp3) is 0.182. The van der Waals surface area contributed by atoms with Gasteiger partial charge in [0.15, 0.2) is 4.90 Å². The standard InChI is InChI=1S/C7H6N2OS.C4H7N/c10-11-7-4-2-1-3-6(7)5-8-9-11;1-2-4-5-3-1/h1-5,9H;1,3,5H,2,4H2. The fourth-order valence-corrected chi connectivity index (χ4v) is 2.15. The van der Waals surface area contributed by atoms with Crippen molar-refractivity contribution in [2.75, 3.05) is 6.54 Å². The van der Waals surface area contributed by atoms with Crippen molar-refractivity contribution in [1.82, 2.24) is 10.1 Å². The lowest BCUT2D eigenvalue weighted by Crippen LogP contribution is -2.23. The summed E-state index contributed by atoms with van der Waals surface area (Å²) in [5.74, 6) is 0. The third kappa shape index (κ3) is 2.77. The average molecular weight is 235 g/mol. The molecule has 5 heteroatoms. The van der Waals surface area contributed by atoms with Gasteiger partial charge in [0, 0.05) is 6.54 Å². The minimum atomic E-state index is -1.16. The van der Waals surface area contributed by atoms with E-state index in [4.69, 9.17) is 0 Å². The van der Waals surface area contributed by atoms with Crippen LogP contribution in [0.5, 0.6) is 0 Å². The molecule has 84 valence electrons. The summed E-state index contributed by atoms with van der Waals surface area (Å²) in [5, 5.41) is 6.77. The number of nitrogens with zero attached hydrogens (tertiary/aromatic N) is 1. The van der Waals surface area contributed by atoms with E-state index in [0.717, 1.165) is 17.0 Å². The number of rotatable bonds is 0. The first-order valence-corrected chi connectivity index (χ1v) is 6.21. The molecule has 2 aliphatic heterocycles. The van der Waals surface area contributed by atoms with Gasteiger partial charge in [-0.2, -0.15) is 0 Å². The average Bonchev–Trinajstić information content (AvgIpc) is 2.88. The molecule has 1 unspecified atom stereocenters. The lowest BCUT2D eigenvalue weighted by Gasteiger charge is -2.12. The van der Waals surface area contributed by atoms with Crippen LogP contribution in [0.15, 0.2) is 46.5 Å². The number of fused-ring (bicyclic) bond motifs is 1. The highest BCUT2D eigenvalue weighted by Gasteiger charge is 2.17. The minimum absolute atomic E-state index is 0.794.